The van der Waals surface area contributed by atoms with Crippen LogP contribution >= 0.6 is 0 Å². The molecule has 2 saturated heterocycles. The standard InChI is InChI=1S/C20H34N6O2/c1-16-14-26(15-17(2)28-16)19-5-4-18(12-23-19)13-24-20(21-3)22-6-7-25-8-10-27-11-9-25/h4-5,12,16-17H,6-11,13-15H2,1-3H3,(H2,21,22,24). The lowest BCUT2D eigenvalue weighted by atomic mass is 10.2. The summed E-state index contributed by atoms with van der Waals surface area (Å²) in [5.74, 6) is 1.83. The van der Waals surface area contributed by atoms with Crippen LogP contribution in [0.3, 0.4) is 0 Å². The summed E-state index contributed by atoms with van der Waals surface area (Å²) in [6.07, 6.45) is 2.41. The van der Waals surface area contributed by atoms with E-state index in [0.717, 1.165) is 69.8 Å². The molecule has 0 aliphatic carbocycles. The number of guanidine groups is 1. The molecule has 2 N–H and O–H groups in total. The topological polar surface area (TPSA) is 74.2 Å². The average Bonchev–Trinajstić information content (AvgIpc) is 2.71. The lowest BCUT2D eigenvalue weighted by Gasteiger charge is -2.36. The van der Waals surface area contributed by atoms with Gasteiger partial charge in [-0.2, -0.15) is 0 Å². The third-order valence-electron chi connectivity index (χ3n) is 5.06. The first-order valence-electron chi connectivity index (χ1n) is 10.2. The van der Waals surface area contributed by atoms with E-state index in [0.29, 0.717) is 6.54 Å². The Morgan fingerprint density at radius 2 is 1.93 bits per heavy atom. The van der Waals surface area contributed by atoms with Crippen molar-refractivity contribution in [2.24, 2.45) is 4.99 Å². The lowest BCUT2D eigenvalue weighted by molar-refractivity contribution is -0.00546. The van der Waals surface area contributed by atoms with E-state index in [1.807, 2.05) is 6.20 Å². The molecule has 3 heterocycles. The molecule has 0 radical (unpaired) electrons. The highest BCUT2D eigenvalue weighted by atomic mass is 16.5. The third kappa shape index (κ3) is 6.32. The Morgan fingerprint density at radius 3 is 2.57 bits per heavy atom. The number of hydrogen-bond acceptors (Lipinski definition) is 6. The number of aliphatic imine (C=N–C) groups is 1. The van der Waals surface area contributed by atoms with Crippen LogP contribution in [-0.4, -0.2) is 87.6 Å². The minimum Gasteiger partial charge on any atom is -0.379 e. The first-order valence-corrected chi connectivity index (χ1v) is 10.2. The Labute approximate surface area is 168 Å². The van der Waals surface area contributed by atoms with E-state index in [2.05, 4.69) is 56.4 Å². The number of hydrogen-bond donors (Lipinski definition) is 2. The van der Waals surface area contributed by atoms with Gasteiger partial charge in [-0.25, -0.2) is 4.98 Å². The molecule has 28 heavy (non-hydrogen) atoms. The number of aromatic nitrogens is 1. The molecule has 2 aliphatic heterocycles. The first-order chi connectivity index (χ1) is 13.6. The fraction of sp³-hybridized carbons (Fsp3) is 0.700. The second-order valence-corrected chi connectivity index (χ2v) is 7.49. The summed E-state index contributed by atoms with van der Waals surface area (Å²) < 4.78 is 11.2. The van der Waals surface area contributed by atoms with Gasteiger partial charge in [0, 0.05) is 59.1 Å². The number of anilines is 1. The minimum absolute atomic E-state index is 0.235. The van der Waals surface area contributed by atoms with Crippen molar-refractivity contribution in [3.8, 4) is 0 Å². The van der Waals surface area contributed by atoms with Crippen molar-refractivity contribution >= 4 is 11.8 Å². The van der Waals surface area contributed by atoms with Gasteiger partial charge in [0.25, 0.3) is 0 Å². The zero-order chi connectivity index (χ0) is 19.8. The van der Waals surface area contributed by atoms with Crippen LogP contribution in [0.1, 0.15) is 19.4 Å². The van der Waals surface area contributed by atoms with E-state index in [1.54, 1.807) is 7.05 Å². The van der Waals surface area contributed by atoms with Crippen molar-refractivity contribution in [3.05, 3.63) is 23.9 Å². The van der Waals surface area contributed by atoms with E-state index in [1.165, 1.54) is 0 Å². The van der Waals surface area contributed by atoms with Crippen molar-refractivity contribution in [1.29, 1.82) is 0 Å². The summed E-state index contributed by atoms with van der Waals surface area (Å²) in [5.41, 5.74) is 1.13. The van der Waals surface area contributed by atoms with Gasteiger partial charge in [0.05, 0.1) is 25.4 Å². The molecule has 2 atom stereocenters. The largest absolute Gasteiger partial charge is 0.379 e. The van der Waals surface area contributed by atoms with Crippen molar-refractivity contribution in [2.45, 2.75) is 32.6 Å². The predicted octanol–water partition coefficient (Wildman–Crippen LogP) is 0.692. The molecular weight excluding hydrogens is 356 g/mol. The van der Waals surface area contributed by atoms with E-state index in [-0.39, 0.29) is 12.2 Å². The summed E-state index contributed by atoms with van der Waals surface area (Å²) in [5, 5.41) is 6.73. The van der Waals surface area contributed by atoms with Gasteiger partial charge in [-0.3, -0.25) is 9.89 Å². The fourth-order valence-electron chi connectivity index (χ4n) is 3.64. The van der Waals surface area contributed by atoms with Crippen molar-refractivity contribution in [3.63, 3.8) is 0 Å². The smallest absolute Gasteiger partial charge is 0.191 e. The molecule has 0 bridgehead atoms. The Bertz CT molecular complexity index is 608. The highest BCUT2D eigenvalue weighted by Gasteiger charge is 2.22. The van der Waals surface area contributed by atoms with Gasteiger partial charge in [0.2, 0.25) is 0 Å². The maximum atomic E-state index is 5.80. The van der Waals surface area contributed by atoms with Crippen LogP contribution in [0.15, 0.2) is 23.3 Å². The van der Waals surface area contributed by atoms with Crippen molar-refractivity contribution in [1.82, 2.24) is 20.5 Å². The molecule has 3 rings (SSSR count). The SMILES string of the molecule is CN=C(NCCN1CCOCC1)NCc1ccc(N2CC(C)OC(C)C2)nc1. The molecule has 156 valence electrons. The zero-order valence-electron chi connectivity index (χ0n) is 17.4. The van der Waals surface area contributed by atoms with Crippen molar-refractivity contribution in [2.75, 3.05) is 64.4 Å². The molecule has 1 aromatic heterocycles. The number of nitrogens with zero attached hydrogens (tertiary/aromatic N) is 4. The van der Waals surface area contributed by atoms with Gasteiger partial charge in [-0.15, -0.1) is 0 Å². The molecule has 0 spiro atoms. The summed E-state index contributed by atoms with van der Waals surface area (Å²) in [6, 6.07) is 4.22. The van der Waals surface area contributed by atoms with Crippen LogP contribution in [0.4, 0.5) is 5.82 Å². The van der Waals surface area contributed by atoms with Crippen LogP contribution in [0.25, 0.3) is 0 Å². The number of pyridine rings is 1. The highest BCUT2D eigenvalue weighted by molar-refractivity contribution is 5.79. The van der Waals surface area contributed by atoms with E-state index >= 15 is 0 Å². The maximum absolute atomic E-state index is 5.80. The van der Waals surface area contributed by atoms with Crippen LogP contribution in [0.5, 0.6) is 0 Å². The number of morpholine rings is 2. The normalized spacial score (nSPS) is 24.2. The summed E-state index contributed by atoms with van der Waals surface area (Å²) in [4.78, 5) is 13.6. The molecule has 0 saturated carbocycles. The Balaban J connectivity index is 1.41. The molecule has 1 aromatic rings. The van der Waals surface area contributed by atoms with Gasteiger partial charge < -0.3 is 25.0 Å². The fourth-order valence-corrected chi connectivity index (χ4v) is 3.64. The monoisotopic (exact) mass is 390 g/mol. The Hall–Kier alpha value is -1.90. The summed E-state index contributed by atoms with van der Waals surface area (Å²) in [6.45, 7) is 12.2. The van der Waals surface area contributed by atoms with E-state index in [4.69, 9.17) is 9.47 Å². The van der Waals surface area contributed by atoms with Gasteiger partial charge in [-0.1, -0.05) is 6.07 Å². The second kappa shape index (κ2) is 10.6. The molecule has 0 amide bonds. The van der Waals surface area contributed by atoms with Gasteiger partial charge in [-0.05, 0) is 25.5 Å². The number of rotatable bonds is 6. The molecule has 2 unspecified atom stereocenters. The van der Waals surface area contributed by atoms with E-state index in [9.17, 15) is 0 Å². The predicted molar refractivity (Wildman–Crippen MR) is 112 cm³/mol. The van der Waals surface area contributed by atoms with Crippen LogP contribution in [-0.2, 0) is 16.0 Å². The summed E-state index contributed by atoms with van der Waals surface area (Å²) >= 11 is 0. The Kier molecular flexibility index (Phi) is 7.88. The molecule has 8 heteroatoms. The molecule has 8 nitrogen and oxygen atoms in total. The molecular formula is C20H34N6O2. The van der Waals surface area contributed by atoms with Crippen molar-refractivity contribution < 1.29 is 9.47 Å². The Morgan fingerprint density at radius 1 is 1.18 bits per heavy atom. The average molecular weight is 391 g/mol. The zero-order valence-corrected chi connectivity index (χ0v) is 17.4. The molecule has 2 aliphatic rings. The first kappa shape index (κ1) is 20.8. The lowest BCUT2D eigenvalue weighted by Crippen LogP contribution is -2.45. The van der Waals surface area contributed by atoms with Gasteiger partial charge in [0.1, 0.15) is 5.82 Å². The van der Waals surface area contributed by atoms with Crippen LogP contribution < -0.4 is 15.5 Å². The van der Waals surface area contributed by atoms with Gasteiger partial charge >= 0.3 is 0 Å². The van der Waals surface area contributed by atoms with Crippen LogP contribution in [0, 0.1) is 0 Å². The highest BCUT2D eigenvalue weighted by Crippen LogP contribution is 2.18. The molecule has 2 fully saturated rings. The second-order valence-electron chi connectivity index (χ2n) is 7.49. The maximum Gasteiger partial charge on any atom is 0.191 e. The number of nitrogens with one attached hydrogen (secondary N) is 2. The van der Waals surface area contributed by atoms with Crippen LogP contribution in [0.2, 0.25) is 0 Å². The third-order valence-corrected chi connectivity index (χ3v) is 5.06. The molecule has 0 aromatic carbocycles. The number of ether oxygens (including phenoxy) is 2. The quantitative estimate of drug-likeness (QED) is 0.547. The van der Waals surface area contributed by atoms with Gasteiger partial charge in [0.15, 0.2) is 5.96 Å². The summed E-state index contributed by atoms with van der Waals surface area (Å²) in [7, 11) is 1.80. The van der Waals surface area contributed by atoms with E-state index < -0.39 is 0 Å². The minimum atomic E-state index is 0.235.